The summed E-state index contributed by atoms with van der Waals surface area (Å²) in [7, 11) is 0. The number of carbonyl (C=O) groups is 1. The second-order valence-electron chi connectivity index (χ2n) is 4.48. The maximum Gasteiger partial charge on any atom is 0.511 e. The van der Waals surface area contributed by atoms with Crippen LogP contribution in [0.3, 0.4) is 0 Å². The Hall–Kier alpha value is -2.87. The van der Waals surface area contributed by atoms with E-state index in [0.29, 0.717) is 11.3 Å². The minimum atomic E-state index is -1.52. The zero-order valence-corrected chi connectivity index (χ0v) is 12.3. The molecule has 0 aliphatic heterocycles. The zero-order chi connectivity index (χ0) is 15.7. The average molecular weight is 317 g/mol. The Labute approximate surface area is 128 Å². The lowest BCUT2D eigenvalue weighted by atomic mass is 10.1. The van der Waals surface area contributed by atoms with Gasteiger partial charge < -0.3 is 14.8 Å². The lowest BCUT2D eigenvalue weighted by Crippen LogP contribution is -2.15. The number of imidazole rings is 1. The number of rotatable bonds is 3. The van der Waals surface area contributed by atoms with Crippen molar-refractivity contribution in [2.24, 2.45) is 0 Å². The van der Waals surface area contributed by atoms with Crippen LogP contribution in [-0.4, -0.2) is 25.8 Å². The minimum absolute atomic E-state index is 0.245. The van der Waals surface area contributed by atoms with Crippen LogP contribution < -0.4 is 10.3 Å². The van der Waals surface area contributed by atoms with Crippen LogP contribution in [0.4, 0.5) is 4.79 Å². The molecule has 0 aliphatic carbocycles. The van der Waals surface area contributed by atoms with E-state index < -0.39 is 11.7 Å². The lowest BCUT2D eigenvalue weighted by molar-refractivity contribution is 0.144. The van der Waals surface area contributed by atoms with E-state index in [1.807, 2.05) is 22.9 Å². The van der Waals surface area contributed by atoms with Crippen molar-refractivity contribution in [2.75, 3.05) is 0 Å². The average Bonchev–Trinajstić information content (AvgIpc) is 3.11. The number of pyridine rings is 1. The predicted octanol–water partition coefficient (Wildman–Crippen LogP) is 2.65. The van der Waals surface area contributed by atoms with Crippen molar-refractivity contribution < 1.29 is 14.6 Å². The van der Waals surface area contributed by atoms with Gasteiger partial charge in [-0.25, -0.2) is 9.78 Å². The molecule has 0 bridgehead atoms. The molecule has 7 nitrogen and oxygen atoms in total. The van der Waals surface area contributed by atoms with Gasteiger partial charge in [-0.2, -0.15) is 0 Å². The van der Waals surface area contributed by atoms with Crippen LogP contribution in [0.25, 0.3) is 15.4 Å². The second-order valence-corrected chi connectivity index (χ2v) is 5.54. The molecule has 3 aromatic heterocycles. The maximum atomic E-state index is 11.7. The number of aromatic nitrogens is 3. The molecule has 22 heavy (non-hydrogen) atoms. The minimum Gasteiger partial charge on any atom is -0.449 e. The van der Waals surface area contributed by atoms with Crippen LogP contribution in [0.2, 0.25) is 0 Å². The Bertz CT molecular complexity index is 880. The van der Waals surface area contributed by atoms with Crippen molar-refractivity contribution in [3.05, 3.63) is 53.0 Å². The molecule has 3 aromatic rings. The summed E-state index contributed by atoms with van der Waals surface area (Å²) in [5, 5.41) is 9.63. The Kier molecular flexibility index (Phi) is 3.51. The van der Waals surface area contributed by atoms with Gasteiger partial charge >= 0.3 is 6.16 Å². The van der Waals surface area contributed by atoms with Gasteiger partial charge in [0.05, 0.1) is 6.33 Å². The highest BCUT2D eigenvalue weighted by Crippen LogP contribution is 2.32. The third kappa shape index (κ3) is 2.63. The molecule has 0 fully saturated rings. The largest absolute Gasteiger partial charge is 0.511 e. The number of H-pyrrole nitrogens is 1. The highest BCUT2D eigenvalue weighted by Gasteiger charge is 2.13. The van der Waals surface area contributed by atoms with E-state index in [1.54, 1.807) is 19.4 Å². The quantitative estimate of drug-likeness (QED) is 0.724. The number of aryl methyl sites for hydroxylation is 1. The molecule has 0 aliphatic rings. The first-order chi connectivity index (χ1) is 10.5. The van der Waals surface area contributed by atoms with Gasteiger partial charge in [-0.05, 0) is 25.1 Å². The summed E-state index contributed by atoms with van der Waals surface area (Å²) in [4.78, 5) is 29.8. The highest BCUT2D eigenvalue weighted by molar-refractivity contribution is 7.17. The van der Waals surface area contributed by atoms with Crippen molar-refractivity contribution >= 4 is 17.5 Å². The fourth-order valence-corrected chi connectivity index (χ4v) is 3.06. The number of nitrogens with zero attached hydrogens (tertiary/aromatic N) is 2. The van der Waals surface area contributed by atoms with Gasteiger partial charge in [0, 0.05) is 28.5 Å². The summed E-state index contributed by atoms with van der Waals surface area (Å²) in [6, 6.07) is 5.25. The molecular formula is C14H11N3O4S. The first-order valence-electron chi connectivity index (χ1n) is 6.28. The van der Waals surface area contributed by atoms with Gasteiger partial charge in [0.2, 0.25) is 0 Å². The smallest absolute Gasteiger partial charge is 0.449 e. The number of thiophene rings is 1. The van der Waals surface area contributed by atoms with Crippen molar-refractivity contribution in [1.29, 1.82) is 0 Å². The predicted molar refractivity (Wildman–Crippen MR) is 80.9 cm³/mol. The first-order valence-corrected chi connectivity index (χ1v) is 7.09. The van der Waals surface area contributed by atoms with E-state index in [1.165, 1.54) is 17.4 Å². The van der Waals surface area contributed by atoms with E-state index in [-0.39, 0.29) is 5.75 Å². The number of aromatic amines is 1. The Morgan fingerprint density at radius 3 is 2.95 bits per heavy atom. The fourth-order valence-electron chi connectivity index (χ4n) is 2.03. The fraction of sp³-hybridized carbons (Fsp3) is 0.0714. The van der Waals surface area contributed by atoms with Crippen LogP contribution in [0.15, 0.2) is 41.7 Å². The summed E-state index contributed by atoms with van der Waals surface area (Å²) in [6.07, 6.45) is 3.68. The Morgan fingerprint density at radius 1 is 1.45 bits per heavy atom. The molecule has 0 unspecified atom stereocenters. The number of carboxylic acid groups (broad SMARTS) is 1. The summed E-state index contributed by atoms with van der Waals surface area (Å²) >= 11 is 1.49. The van der Waals surface area contributed by atoms with Crippen molar-refractivity contribution in [3.63, 3.8) is 0 Å². The van der Waals surface area contributed by atoms with E-state index >= 15 is 0 Å². The van der Waals surface area contributed by atoms with Gasteiger partial charge in [-0.1, -0.05) is 0 Å². The molecule has 0 amide bonds. The molecule has 0 radical (unpaired) electrons. The van der Waals surface area contributed by atoms with E-state index in [2.05, 4.69) is 14.7 Å². The zero-order valence-electron chi connectivity index (χ0n) is 11.4. The SMILES string of the molecule is Cc1[nH]c(=O)c(OC(=O)O)cc1-c1ccc(-n2ccnc2)s1. The number of nitrogens with one attached hydrogen (secondary N) is 1. The standard InChI is InChI=1S/C14H11N3O4S/c1-8-9(6-10(13(18)16-8)21-14(19)20)11-2-3-12(22-11)17-5-4-15-7-17/h2-7H,1H3,(H,16,18)(H,19,20). The van der Waals surface area contributed by atoms with Crippen molar-refractivity contribution in [3.8, 4) is 21.2 Å². The third-order valence-corrected chi connectivity index (χ3v) is 4.15. The molecule has 3 rings (SSSR count). The maximum absolute atomic E-state index is 11.7. The molecule has 8 heteroatoms. The summed E-state index contributed by atoms with van der Waals surface area (Å²) in [6.45, 7) is 1.75. The van der Waals surface area contributed by atoms with E-state index in [4.69, 9.17) is 5.11 Å². The van der Waals surface area contributed by atoms with Crippen molar-refractivity contribution in [1.82, 2.24) is 14.5 Å². The monoisotopic (exact) mass is 317 g/mol. The van der Waals surface area contributed by atoms with Gasteiger partial charge in [-0.15, -0.1) is 11.3 Å². The molecule has 0 spiro atoms. The molecule has 2 N–H and O–H groups in total. The van der Waals surface area contributed by atoms with E-state index in [9.17, 15) is 9.59 Å². The van der Waals surface area contributed by atoms with E-state index in [0.717, 1.165) is 9.88 Å². The van der Waals surface area contributed by atoms with Crippen LogP contribution in [0, 0.1) is 6.92 Å². The second kappa shape index (κ2) is 5.49. The van der Waals surface area contributed by atoms with Crippen LogP contribution in [-0.2, 0) is 0 Å². The summed E-state index contributed by atoms with van der Waals surface area (Å²) < 4.78 is 6.37. The van der Waals surface area contributed by atoms with Crippen LogP contribution in [0.1, 0.15) is 5.69 Å². The van der Waals surface area contributed by atoms with Gasteiger partial charge in [0.1, 0.15) is 5.00 Å². The Morgan fingerprint density at radius 2 is 2.27 bits per heavy atom. The molecule has 0 saturated carbocycles. The lowest BCUT2D eigenvalue weighted by Gasteiger charge is -2.06. The molecule has 0 aromatic carbocycles. The van der Waals surface area contributed by atoms with Gasteiger partial charge in [-0.3, -0.25) is 9.36 Å². The third-order valence-electron chi connectivity index (χ3n) is 3.02. The van der Waals surface area contributed by atoms with Crippen LogP contribution >= 0.6 is 11.3 Å². The number of hydrogen-bond donors (Lipinski definition) is 2. The highest BCUT2D eigenvalue weighted by atomic mass is 32.1. The van der Waals surface area contributed by atoms with Crippen molar-refractivity contribution in [2.45, 2.75) is 6.92 Å². The molecule has 3 heterocycles. The molecular weight excluding hydrogens is 306 g/mol. The van der Waals surface area contributed by atoms with Gasteiger partial charge in [0.25, 0.3) is 5.56 Å². The molecule has 112 valence electrons. The van der Waals surface area contributed by atoms with Gasteiger partial charge in [0.15, 0.2) is 5.75 Å². The molecule has 0 atom stereocenters. The summed E-state index contributed by atoms with van der Waals surface area (Å²) in [5.41, 5.74) is 0.782. The number of ether oxygens (including phenoxy) is 1. The first kappa shape index (κ1) is 14.1. The summed E-state index contributed by atoms with van der Waals surface area (Å²) in [5.74, 6) is -0.245. The Balaban J connectivity index is 2.04. The normalized spacial score (nSPS) is 10.6. The topological polar surface area (TPSA) is 97.2 Å². The number of hydrogen-bond acceptors (Lipinski definition) is 5. The van der Waals surface area contributed by atoms with Crippen LogP contribution in [0.5, 0.6) is 5.75 Å². The molecule has 0 saturated heterocycles.